The van der Waals surface area contributed by atoms with Gasteiger partial charge >= 0.3 is 5.97 Å². The van der Waals surface area contributed by atoms with E-state index in [1.807, 2.05) is 6.92 Å². The van der Waals surface area contributed by atoms with Crippen LogP contribution in [0.5, 0.6) is 0 Å². The maximum Gasteiger partial charge on any atom is 0.306 e. The van der Waals surface area contributed by atoms with Gasteiger partial charge in [-0.3, -0.25) is 14.3 Å². The Morgan fingerprint density at radius 2 is 2.10 bits per heavy atom. The van der Waals surface area contributed by atoms with Crippen molar-refractivity contribution in [2.75, 3.05) is 6.54 Å². The maximum absolute atomic E-state index is 12.2. The Balaban J connectivity index is 2.00. The predicted octanol–water partition coefficient (Wildman–Crippen LogP) is 1.27. The number of carbonyl (C=O) groups is 2. The van der Waals surface area contributed by atoms with Crippen LogP contribution in [-0.4, -0.2) is 33.3 Å². The molecule has 0 saturated heterocycles. The Morgan fingerprint density at radius 3 is 2.65 bits per heavy atom. The highest BCUT2D eigenvalue weighted by Crippen LogP contribution is 2.31. The number of hydrogen-bond donors (Lipinski definition) is 2. The van der Waals surface area contributed by atoms with Crippen LogP contribution in [0.4, 0.5) is 0 Å². The zero-order valence-corrected chi connectivity index (χ0v) is 12.1. The fraction of sp³-hybridized carbons (Fsp3) is 0.643. The molecule has 0 radical (unpaired) electrons. The molecule has 1 aromatic heterocycles. The molecule has 110 valence electrons. The van der Waals surface area contributed by atoms with Crippen molar-refractivity contribution < 1.29 is 14.7 Å². The first-order valence-corrected chi connectivity index (χ1v) is 6.93. The van der Waals surface area contributed by atoms with E-state index in [1.54, 1.807) is 18.7 Å². The van der Waals surface area contributed by atoms with Gasteiger partial charge in [0.1, 0.15) is 0 Å². The summed E-state index contributed by atoms with van der Waals surface area (Å²) in [5.74, 6) is -1.21. The summed E-state index contributed by atoms with van der Waals surface area (Å²) in [5, 5.41) is 16.2. The van der Waals surface area contributed by atoms with Crippen LogP contribution in [0, 0.1) is 25.7 Å². The summed E-state index contributed by atoms with van der Waals surface area (Å²) >= 11 is 0. The van der Waals surface area contributed by atoms with Crippen molar-refractivity contribution in [1.29, 1.82) is 0 Å². The number of carboxylic acids is 1. The lowest BCUT2D eigenvalue weighted by molar-refractivity contribution is -0.142. The molecule has 1 amide bonds. The molecule has 2 atom stereocenters. The predicted molar refractivity (Wildman–Crippen MR) is 73.5 cm³/mol. The molecule has 1 aliphatic rings. The van der Waals surface area contributed by atoms with Crippen LogP contribution in [0.25, 0.3) is 0 Å². The molecule has 2 unspecified atom stereocenters. The Kier molecular flexibility index (Phi) is 4.11. The third kappa shape index (κ3) is 2.69. The van der Waals surface area contributed by atoms with Crippen LogP contribution in [-0.2, 0) is 11.8 Å². The highest BCUT2D eigenvalue weighted by molar-refractivity contribution is 5.96. The number of nitrogens with one attached hydrogen (secondary N) is 1. The second kappa shape index (κ2) is 5.64. The monoisotopic (exact) mass is 279 g/mol. The normalized spacial score (nSPS) is 21.9. The van der Waals surface area contributed by atoms with Gasteiger partial charge < -0.3 is 10.4 Å². The third-order valence-electron chi connectivity index (χ3n) is 4.24. The molecule has 6 nitrogen and oxygen atoms in total. The number of aromatic nitrogens is 2. The molecule has 2 N–H and O–H groups in total. The Bertz CT molecular complexity index is 536. The topological polar surface area (TPSA) is 84.2 Å². The molecule has 0 aliphatic heterocycles. The van der Waals surface area contributed by atoms with Gasteiger partial charge in [0.2, 0.25) is 0 Å². The zero-order chi connectivity index (χ0) is 14.9. The minimum absolute atomic E-state index is 0.0359. The van der Waals surface area contributed by atoms with E-state index in [0.717, 1.165) is 18.5 Å². The minimum atomic E-state index is -0.754. The van der Waals surface area contributed by atoms with Gasteiger partial charge in [-0.1, -0.05) is 6.42 Å². The van der Waals surface area contributed by atoms with Gasteiger partial charge in [0.05, 0.1) is 17.2 Å². The summed E-state index contributed by atoms with van der Waals surface area (Å²) in [7, 11) is 1.80. The fourth-order valence-electron chi connectivity index (χ4n) is 3.02. The van der Waals surface area contributed by atoms with Crippen LogP contribution in [0.3, 0.4) is 0 Å². The minimum Gasteiger partial charge on any atom is -0.481 e. The van der Waals surface area contributed by atoms with Gasteiger partial charge in [0.15, 0.2) is 0 Å². The van der Waals surface area contributed by atoms with Gasteiger partial charge in [-0.05, 0) is 32.6 Å². The lowest BCUT2D eigenvalue weighted by Gasteiger charge is -2.16. The number of aliphatic carboxylic acids is 1. The number of rotatable bonds is 4. The Labute approximate surface area is 118 Å². The van der Waals surface area contributed by atoms with Gasteiger partial charge in [-0.25, -0.2) is 0 Å². The second-order valence-electron chi connectivity index (χ2n) is 5.52. The number of nitrogens with zero attached hydrogens (tertiary/aromatic N) is 2. The fourth-order valence-corrected chi connectivity index (χ4v) is 3.02. The standard InChI is InChI=1S/C14H21N3O3/c1-8-12(9(2)17(3)16-8)13(18)15-7-10-5-4-6-11(10)14(19)20/h10-11H,4-7H2,1-3H3,(H,15,18)(H,19,20). The number of carboxylic acid groups (broad SMARTS) is 1. The van der Waals surface area contributed by atoms with E-state index in [2.05, 4.69) is 10.4 Å². The molecule has 1 aromatic rings. The maximum atomic E-state index is 12.2. The van der Waals surface area contributed by atoms with Crippen LogP contribution in [0.1, 0.15) is 41.0 Å². The molecule has 0 aromatic carbocycles. The molecular formula is C14H21N3O3. The average Bonchev–Trinajstić information content (AvgIpc) is 2.93. The molecule has 20 heavy (non-hydrogen) atoms. The van der Waals surface area contributed by atoms with Gasteiger partial charge in [-0.15, -0.1) is 0 Å². The molecule has 1 fully saturated rings. The molecular weight excluding hydrogens is 258 g/mol. The van der Waals surface area contributed by atoms with Crippen molar-refractivity contribution in [3.05, 3.63) is 17.0 Å². The van der Waals surface area contributed by atoms with E-state index >= 15 is 0 Å². The van der Waals surface area contributed by atoms with Crippen molar-refractivity contribution in [3.8, 4) is 0 Å². The van der Waals surface area contributed by atoms with E-state index in [4.69, 9.17) is 5.11 Å². The number of carbonyl (C=O) groups excluding carboxylic acids is 1. The second-order valence-corrected chi connectivity index (χ2v) is 5.52. The van der Waals surface area contributed by atoms with Crippen molar-refractivity contribution in [2.45, 2.75) is 33.1 Å². The largest absolute Gasteiger partial charge is 0.481 e. The van der Waals surface area contributed by atoms with Crippen LogP contribution < -0.4 is 5.32 Å². The van der Waals surface area contributed by atoms with Gasteiger partial charge in [0, 0.05) is 19.3 Å². The van der Waals surface area contributed by atoms with Crippen molar-refractivity contribution in [3.63, 3.8) is 0 Å². The number of aryl methyl sites for hydroxylation is 2. The highest BCUT2D eigenvalue weighted by atomic mass is 16.4. The number of amides is 1. The van der Waals surface area contributed by atoms with E-state index in [0.29, 0.717) is 24.2 Å². The van der Waals surface area contributed by atoms with Crippen LogP contribution in [0.15, 0.2) is 0 Å². The average molecular weight is 279 g/mol. The van der Waals surface area contributed by atoms with Crippen LogP contribution >= 0.6 is 0 Å². The van der Waals surface area contributed by atoms with Crippen molar-refractivity contribution >= 4 is 11.9 Å². The van der Waals surface area contributed by atoms with Gasteiger partial charge in [0.25, 0.3) is 5.91 Å². The van der Waals surface area contributed by atoms with Crippen LogP contribution in [0.2, 0.25) is 0 Å². The Morgan fingerprint density at radius 1 is 1.40 bits per heavy atom. The summed E-state index contributed by atoms with van der Waals surface area (Å²) in [6, 6.07) is 0. The number of hydrogen-bond acceptors (Lipinski definition) is 3. The molecule has 1 aliphatic carbocycles. The lowest BCUT2D eigenvalue weighted by Crippen LogP contribution is -2.33. The summed E-state index contributed by atoms with van der Waals surface area (Å²) < 4.78 is 1.68. The Hall–Kier alpha value is -1.85. The summed E-state index contributed by atoms with van der Waals surface area (Å²) in [6.07, 6.45) is 2.49. The molecule has 0 bridgehead atoms. The first-order valence-electron chi connectivity index (χ1n) is 6.93. The molecule has 1 heterocycles. The molecule has 6 heteroatoms. The molecule has 2 rings (SSSR count). The summed E-state index contributed by atoms with van der Waals surface area (Å²) in [5.41, 5.74) is 2.11. The third-order valence-corrected chi connectivity index (χ3v) is 4.24. The smallest absolute Gasteiger partial charge is 0.306 e. The lowest BCUT2D eigenvalue weighted by atomic mass is 9.96. The summed E-state index contributed by atoms with van der Waals surface area (Å²) in [6.45, 7) is 4.08. The van der Waals surface area contributed by atoms with Gasteiger partial charge in [-0.2, -0.15) is 5.10 Å². The highest BCUT2D eigenvalue weighted by Gasteiger charge is 2.33. The summed E-state index contributed by atoms with van der Waals surface area (Å²) in [4.78, 5) is 23.3. The van der Waals surface area contributed by atoms with E-state index < -0.39 is 5.97 Å². The van der Waals surface area contributed by atoms with E-state index in [-0.39, 0.29) is 17.7 Å². The van der Waals surface area contributed by atoms with Crippen molar-refractivity contribution in [1.82, 2.24) is 15.1 Å². The molecule has 0 spiro atoms. The van der Waals surface area contributed by atoms with Crippen molar-refractivity contribution in [2.24, 2.45) is 18.9 Å². The zero-order valence-electron chi connectivity index (χ0n) is 12.1. The molecule has 1 saturated carbocycles. The van der Waals surface area contributed by atoms with E-state index in [1.165, 1.54) is 0 Å². The first-order chi connectivity index (χ1) is 9.41. The first kappa shape index (κ1) is 14.6. The quantitative estimate of drug-likeness (QED) is 0.869. The SMILES string of the molecule is Cc1nn(C)c(C)c1C(=O)NCC1CCCC1C(=O)O. The van der Waals surface area contributed by atoms with E-state index in [9.17, 15) is 9.59 Å².